The minimum atomic E-state index is -0.947. The number of fused-ring (bicyclic) bond motifs is 1. The summed E-state index contributed by atoms with van der Waals surface area (Å²) in [6.07, 6.45) is 1.35. The predicted octanol–water partition coefficient (Wildman–Crippen LogP) is 1.91. The van der Waals surface area contributed by atoms with E-state index >= 15 is 0 Å². The van der Waals surface area contributed by atoms with Gasteiger partial charge in [-0.2, -0.15) is 0 Å². The van der Waals surface area contributed by atoms with Crippen LogP contribution in [0.25, 0.3) is 10.9 Å². The van der Waals surface area contributed by atoms with Gasteiger partial charge in [0.25, 0.3) is 0 Å². The Morgan fingerprint density at radius 3 is 2.82 bits per heavy atom. The van der Waals surface area contributed by atoms with Crippen molar-refractivity contribution in [2.75, 3.05) is 13.2 Å². The largest absolute Gasteiger partial charge is 0.478 e. The number of H-pyrrole nitrogens is 1. The summed E-state index contributed by atoms with van der Waals surface area (Å²) >= 11 is 0. The van der Waals surface area contributed by atoms with E-state index in [9.17, 15) is 4.79 Å². The maximum absolute atomic E-state index is 11.1. The lowest BCUT2D eigenvalue weighted by Gasteiger charge is -2.07. The van der Waals surface area contributed by atoms with Gasteiger partial charge in [0.1, 0.15) is 0 Å². The summed E-state index contributed by atoms with van der Waals surface area (Å²) in [5.41, 5.74) is 1.71. The first-order chi connectivity index (χ1) is 8.27. The van der Waals surface area contributed by atoms with Crippen LogP contribution in [0.4, 0.5) is 0 Å². The third-order valence-corrected chi connectivity index (χ3v) is 2.85. The lowest BCUT2D eigenvalue weighted by atomic mass is 10.1. The molecule has 0 saturated carbocycles. The van der Waals surface area contributed by atoms with Crippen molar-refractivity contribution in [1.82, 2.24) is 4.98 Å². The topological polar surface area (TPSA) is 71.6 Å². The highest BCUT2D eigenvalue weighted by Gasteiger charge is 2.22. The molecule has 5 nitrogen and oxygen atoms in total. The Morgan fingerprint density at radius 1 is 1.35 bits per heavy atom. The molecule has 2 heterocycles. The average Bonchev–Trinajstić information content (AvgIpc) is 2.96. The first kappa shape index (κ1) is 10.3. The van der Waals surface area contributed by atoms with Crippen LogP contribution >= 0.6 is 0 Å². The van der Waals surface area contributed by atoms with Gasteiger partial charge in [0.2, 0.25) is 0 Å². The zero-order chi connectivity index (χ0) is 11.8. The smallest absolute Gasteiger partial charge is 0.337 e. The first-order valence-electron chi connectivity index (χ1n) is 5.34. The number of hydrogen-bond acceptors (Lipinski definition) is 3. The maximum Gasteiger partial charge on any atom is 0.337 e. The number of para-hydroxylation sites is 1. The lowest BCUT2D eigenvalue weighted by Crippen LogP contribution is -1.98. The summed E-state index contributed by atoms with van der Waals surface area (Å²) in [5, 5.41) is 9.91. The van der Waals surface area contributed by atoms with Crippen molar-refractivity contribution in [2.24, 2.45) is 0 Å². The van der Waals surface area contributed by atoms with Crippen LogP contribution in [0.5, 0.6) is 0 Å². The van der Waals surface area contributed by atoms with Crippen molar-refractivity contribution >= 4 is 16.9 Å². The van der Waals surface area contributed by atoms with Crippen LogP contribution < -0.4 is 0 Å². The quantitative estimate of drug-likeness (QED) is 0.831. The second kappa shape index (κ2) is 3.87. The van der Waals surface area contributed by atoms with Crippen molar-refractivity contribution in [2.45, 2.75) is 6.29 Å². The van der Waals surface area contributed by atoms with Gasteiger partial charge in [-0.05, 0) is 6.07 Å². The van der Waals surface area contributed by atoms with E-state index < -0.39 is 12.3 Å². The van der Waals surface area contributed by atoms with Gasteiger partial charge in [-0.15, -0.1) is 0 Å². The molecular weight excluding hydrogens is 222 g/mol. The molecule has 2 aromatic rings. The molecule has 0 bridgehead atoms. The molecule has 1 aliphatic rings. The third kappa shape index (κ3) is 1.60. The van der Waals surface area contributed by atoms with Crippen LogP contribution in [-0.2, 0) is 9.47 Å². The summed E-state index contributed by atoms with van der Waals surface area (Å²) in [7, 11) is 0. The molecule has 1 aromatic carbocycles. The van der Waals surface area contributed by atoms with Crippen LogP contribution in [0.15, 0.2) is 24.4 Å². The second-order valence-corrected chi connectivity index (χ2v) is 3.85. The van der Waals surface area contributed by atoms with Gasteiger partial charge >= 0.3 is 5.97 Å². The Hall–Kier alpha value is -1.85. The fraction of sp³-hybridized carbons (Fsp3) is 0.250. The number of aromatic carboxylic acids is 1. The molecule has 1 aromatic heterocycles. The molecule has 0 aliphatic carbocycles. The van der Waals surface area contributed by atoms with Gasteiger partial charge in [0.15, 0.2) is 6.29 Å². The van der Waals surface area contributed by atoms with Crippen LogP contribution in [0.2, 0.25) is 0 Å². The van der Waals surface area contributed by atoms with E-state index in [2.05, 4.69) is 4.98 Å². The van der Waals surface area contributed by atoms with Gasteiger partial charge in [-0.3, -0.25) is 0 Å². The SMILES string of the molecule is O=C(O)c1cccc2c(C3OCCO3)c[nH]c12. The molecule has 3 rings (SSSR count). The standard InChI is InChI=1S/C12H11NO4/c14-11(15)8-3-1-2-7-9(6-13-10(7)8)12-16-4-5-17-12/h1-3,6,12-13H,4-5H2,(H,14,15). The second-order valence-electron chi connectivity index (χ2n) is 3.85. The number of aromatic nitrogens is 1. The van der Waals surface area contributed by atoms with E-state index in [1.54, 1.807) is 18.3 Å². The molecule has 17 heavy (non-hydrogen) atoms. The number of hydrogen-bond donors (Lipinski definition) is 2. The van der Waals surface area contributed by atoms with E-state index in [0.717, 1.165) is 10.9 Å². The van der Waals surface area contributed by atoms with E-state index in [1.807, 2.05) is 6.07 Å². The zero-order valence-electron chi connectivity index (χ0n) is 8.97. The number of benzene rings is 1. The number of nitrogens with one attached hydrogen (secondary N) is 1. The average molecular weight is 233 g/mol. The van der Waals surface area contributed by atoms with E-state index in [4.69, 9.17) is 14.6 Å². The highest BCUT2D eigenvalue weighted by molar-refractivity contribution is 6.03. The molecule has 0 spiro atoms. The van der Waals surface area contributed by atoms with Gasteiger partial charge in [0, 0.05) is 17.1 Å². The fourth-order valence-electron chi connectivity index (χ4n) is 2.09. The van der Waals surface area contributed by atoms with Gasteiger partial charge in [0.05, 0.1) is 24.3 Å². The summed E-state index contributed by atoms with van der Waals surface area (Å²) in [4.78, 5) is 14.0. The minimum Gasteiger partial charge on any atom is -0.478 e. The van der Waals surface area contributed by atoms with E-state index in [1.165, 1.54) is 0 Å². The van der Waals surface area contributed by atoms with Crippen LogP contribution in [0, 0.1) is 0 Å². The molecule has 88 valence electrons. The molecule has 1 saturated heterocycles. The monoisotopic (exact) mass is 233 g/mol. The number of carboxylic acid groups (broad SMARTS) is 1. The molecule has 0 amide bonds. The molecule has 1 fully saturated rings. The number of carboxylic acids is 1. The predicted molar refractivity (Wildman–Crippen MR) is 59.9 cm³/mol. The summed E-state index contributed by atoms with van der Waals surface area (Å²) in [6.45, 7) is 1.13. The fourth-order valence-corrected chi connectivity index (χ4v) is 2.09. The normalized spacial score (nSPS) is 16.7. The van der Waals surface area contributed by atoms with Crippen LogP contribution in [-0.4, -0.2) is 29.3 Å². The number of rotatable bonds is 2. The van der Waals surface area contributed by atoms with Crippen molar-refractivity contribution in [3.05, 3.63) is 35.5 Å². The highest BCUT2D eigenvalue weighted by Crippen LogP contribution is 2.31. The Morgan fingerprint density at radius 2 is 2.12 bits per heavy atom. The number of ether oxygens (including phenoxy) is 2. The first-order valence-corrected chi connectivity index (χ1v) is 5.34. The van der Waals surface area contributed by atoms with E-state index in [0.29, 0.717) is 18.7 Å². The molecule has 0 radical (unpaired) electrons. The molecule has 0 atom stereocenters. The zero-order valence-corrected chi connectivity index (χ0v) is 8.97. The van der Waals surface area contributed by atoms with Crippen molar-refractivity contribution in [3.63, 3.8) is 0 Å². The molecular formula is C12H11NO4. The highest BCUT2D eigenvalue weighted by atomic mass is 16.7. The van der Waals surface area contributed by atoms with E-state index in [-0.39, 0.29) is 5.56 Å². The Labute approximate surface area is 97.0 Å². The molecule has 1 aliphatic heterocycles. The number of carbonyl (C=O) groups is 1. The van der Waals surface area contributed by atoms with Gasteiger partial charge < -0.3 is 19.6 Å². The molecule has 0 unspecified atom stereocenters. The Balaban J connectivity index is 2.15. The van der Waals surface area contributed by atoms with Crippen molar-refractivity contribution in [3.8, 4) is 0 Å². The Bertz CT molecular complexity index is 569. The van der Waals surface area contributed by atoms with Crippen LogP contribution in [0.1, 0.15) is 22.2 Å². The summed E-state index contributed by atoms with van der Waals surface area (Å²) in [6, 6.07) is 5.15. The molecule has 2 N–H and O–H groups in total. The number of aromatic amines is 1. The minimum absolute atomic E-state index is 0.256. The lowest BCUT2D eigenvalue weighted by molar-refractivity contribution is -0.0429. The molecule has 5 heteroatoms. The maximum atomic E-state index is 11.1. The van der Waals surface area contributed by atoms with Crippen molar-refractivity contribution in [1.29, 1.82) is 0 Å². The Kier molecular flexibility index (Phi) is 2.35. The van der Waals surface area contributed by atoms with Gasteiger partial charge in [-0.1, -0.05) is 12.1 Å². The summed E-state index contributed by atoms with van der Waals surface area (Å²) in [5.74, 6) is -0.947. The van der Waals surface area contributed by atoms with Gasteiger partial charge in [-0.25, -0.2) is 4.79 Å². The van der Waals surface area contributed by atoms with Crippen LogP contribution in [0.3, 0.4) is 0 Å². The third-order valence-electron chi connectivity index (χ3n) is 2.85. The van der Waals surface area contributed by atoms with Crippen molar-refractivity contribution < 1.29 is 19.4 Å². The summed E-state index contributed by atoms with van der Waals surface area (Å²) < 4.78 is 10.8.